The summed E-state index contributed by atoms with van der Waals surface area (Å²) in [5.74, 6) is 1.90. The van der Waals surface area contributed by atoms with Crippen LogP contribution in [-0.4, -0.2) is 40.5 Å². The van der Waals surface area contributed by atoms with Crippen LogP contribution in [0.4, 0.5) is 0 Å². The number of nitrogens with zero attached hydrogens (tertiary/aromatic N) is 2. The molecule has 23 heavy (non-hydrogen) atoms. The first-order valence-corrected chi connectivity index (χ1v) is 8.11. The van der Waals surface area contributed by atoms with Crippen molar-refractivity contribution in [3.8, 4) is 11.4 Å². The lowest BCUT2D eigenvalue weighted by atomic mass is 10.1. The molecule has 1 saturated carbocycles. The van der Waals surface area contributed by atoms with E-state index in [0.29, 0.717) is 30.5 Å². The standard InChI is InChI=1S/C17H19N3O3/c21-17(23-14-7-9-22-10-8-14)13-5-3-12(4-6-13)16-18-15(19-20-16)11-1-2-11/h3-6,11,14H,1-2,7-10H2,(H,18,19,20). The summed E-state index contributed by atoms with van der Waals surface area (Å²) in [5.41, 5.74) is 1.45. The number of hydrogen-bond donors (Lipinski definition) is 1. The molecule has 1 aliphatic carbocycles. The number of rotatable bonds is 4. The lowest BCUT2D eigenvalue weighted by Gasteiger charge is -2.22. The van der Waals surface area contributed by atoms with E-state index in [2.05, 4.69) is 15.2 Å². The number of H-pyrrole nitrogens is 1. The highest BCUT2D eigenvalue weighted by Gasteiger charge is 2.27. The van der Waals surface area contributed by atoms with Gasteiger partial charge in [-0.25, -0.2) is 9.78 Å². The number of hydrogen-bond acceptors (Lipinski definition) is 5. The normalized spacial score (nSPS) is 18.8. The van der Waals surface area contributed by atoms with Gasteiger partial charge < -0.3 is 9.47 Å². The molecule has 0 bridgehead atoms. The quantitative estimate of drug-likeness (QED) is 0.878. The Labute approximate surface area is 134 Å². The smallest absolute Gasteiger partial charge is 0.338 e. The molecule has 1 aliphatic heterocycles. The van der Waals surface area contributed by atoms with E-state index in [1.165, 1.54) is 12.8 Å². The van der Waals surface area contributed by atoms with Gasteiger partial charge >= 0.3 is 5.97 Å². The second-order valence-electron chi connectivity index (χ2n) is 6.11. The molecule has 1 saturated heterocycles. The summed E-state index contributed by atoms with van der Waals surface area (Å²) in [7, 11) is 0. The van der Waals surface area contributed by atoms with Crippen molar-refractivity contribution in [1.29, 1.82) is 0 Å². The lowest BCUT2D eigenvalue weighted by molar-refractivity contribution is -0.0159. The van der Waals surface area contributed by atoms with E-state index in [1.807, 2.05) is 12.1 Å². The molecule has 2 aromatic rings. The molecule has 1 N–H and O–H groups in total. The summed E-state index contributed by atoms with van der Waals surface area (Å²) in [6.45, 7) is 1.32. The minimum Gasteiger partial charge on any atom is -0.459 e. The maximum absolute atomic E-state index is 12.2. The van der Waals surface area contributed by atoms with Gasteiger partial charge in [-0.1, -0.05) is 12.1 Å². The molecule has 6 heteroatoms. The van der Waals surface area contributed by atoms with Crippen molar-refractivity contribution in [2.24, 2.45) is 0 Å². The predicted molar refractivity (Wildman–Crippen MR) is 83.1 cm³/mol. The van der Waals surface area contributed by atoms with E-state index in [4.69, 9.17) is 9.47 Å². The van der Waals surface area contributed by atoms with Crippen molar-refractivity contribution >= 4 is 5.97 Å². The number of carbonyl (C=O) groups excluding carboxylic acids is 1. The number of carbonyl (C=O) groups is 1. The Morgan fingerprint density at radius 1 is 1.13 bits per heavy atom. The van der Waals surface area contributed by atoms with Gasteiger partial charge in [0.25, 0.3) is 0 Å². The molecule has 120 valence electrons. The van der Waals surface area contributed by atoms with Crippen LogP contribution in [0.1, 0.15) is 47.8 Å². The summed E-state index contributed by atoms with van der Waals surface area (Å²) >= 11 is 0. The van der Waals surface area contributed by atoms with Crippen LogP contribution in [0.15, 0.2) is 24.3 Å². The molecule has 1 aromatic carbocycles. The molecule has 2 heterocycles. The van der Waals surface area contributed by atoms with Gasteiger partial charge in [0.2, 0.25) is 0 Å². The van der Waals surface area contributed by atoms with E-state index >= 15 is 0 Å². The number of esters is 1. The maximum Gasteiger partial charge on any atom is 0.338 e. The van der Waals surface area contributed by atoms with Gasteiger partial charge in [-0.2, -0.15) is 5.10 Å². The average Bonchev–Trinajstić information content (AvgIpc) is 3.33. The number of aromatic nitrogens is 3. The van der Waals surface area contributed by atoms with Gasteiger partial charge in [0.1, 0.15) is 11.9 Å². The van der Waals surface area contributed by atoms with Gasteiger partial charge in [-0.3, -0.25) is 5.10 Å². The first-order valence-electron chi connectivity index (χ1n) is 8.11. The van der Waals surface area contributed by atoms with Crippen molar-refractivity contribution in [2.75, 3.05) is 13.2 Å². The summed E-state index contributed by atoms with van der Waals surface area (Å²) in [5, 5.41) is 7.24. The number of nitrogens with one attached hydrogen (secondary N) is 1. The van der Waals surface area contributed by atoms with Gasteiger partial charge in [0.15, 0.2) is 5.82 Å². The van der Waals surface area contributed by atoms with Crippen LogP contribution < -0.4 is 0 Å². The molecule has 2 fully saturated rings. The second kappa shape index (κ2) is 6.12. The average molecular weight is 313 g/mol. The zero-order valence-electron chi connectivity index (χ0n) is 12.8. The molecular weight excluding hydrogens is 294 g/mol. The minimum absolute atomic E-state index is 0.0370. The van der Waals surface area contributed by atoms with E-state index in [-0.39, 0.29) is 12.1 Å². The Hall–Kier alpha value is -2.21. The van der Waals surface area contributed by atoms with Crippen molar-refractivity contribution in [3.05, 3.63) is 35.7 Å². The van der Waals surface area contributed by atoms with Crippen molar-refractivity contribution in [3.63, 3.8) is 0 Å². The molecule has 4 rings (SSSR count). The highest BCUT2D eigenvalue weighted by atomic mass is 16.6. The molecule has 0 spiro atoms. The third kappa shape index (κ3) is 3.27. The van der Waals surface area contributed by atoms with E-state index < -0.39 is 0 Å². The zero-order valence-corrected chi connectivity index (χ0v) is 12.8. The molecule has 0 atom stereocenters. The minimum atomic E-state index is -0.280. The first-order chi connectivity index (χ1) is 11.3. The largest absolute Gasteiger partial charge is 0.459 e. The van der Waals surface area contributed by atoms with Gasteiger partial charge in [0, 0.05) is 24.3 Å². The van der Waals surface area contributed by atoms with E-state index in [0.717, 1.165) is 24.2 Å². The second-order valence-corrected chi connectivity index (χ2v) is 6.11. The number of ether oxygens (including phenoxy) is 2. The van der Waals surface area contributed by atoms with Gasteiger partial charge in [-0.15, -0.1) is 0 Å². The van der Waals surface area contributed by atoms with Crippen LogP contribution in [0, 0.1) is 0 Å². The summed E-state index contributed by atoms with van der Waals surface area (Å²) in [6, 6.07) is 7.26. The zero-order chi connectivity index (χ0) is 15.6. The molecule has 0 unspecified atom stereocenters. The fraction of sp³-hybridized carbons (Fsp3) is 0.471. The molecule has 6 nitrogen and oxygen atoms in total. The third-order valence-electron chi connectivity index (χ3n) is 4.29. The van der Waals surface area contributed by atoms with Crippen molar-refractivity contribution in [2.45, 2.75) is 37.7 Å². The fourth-order valence-electron chi connectivity index (χ4n) is 2.71. The summed E-state index contributed by atoms with van der Waals surface area (Å²) in [4.78, 5) is 16.7. The van der Waals surface area contributed by atoms with Crippen molar-refractivity contribution in [1.82, 2.24) is 15.2 Å². The Morgan fingerprint density at radius 2 is 1.87 bits per heavy atom. The van der Waals surface area contributed by atoms with Crippen LogP contribution >= 0.6 is 0 Å². The molecule has 2 aliphatic rings. The molecule has 0 radical (unpaired) electrons. The van der Waals surface area contributed by atoms with E-state index in [9.17, 15) is 4.79 Å². The predicted octanol–water partition coefficient (Wildman–Crippen LogP) is 2.68. The number of aromatic amines is 1. The number of benzene rings is 1. The van der Waals surface area contributed by atoms with Crippen LogP contribution in [0.2, 0.25) is 0 Å². The molecular formula is C17H19N3O3. The Morgan fingerprint density at radius 3 is 2.57 bits per heavy atom. The van der Waals surface area contributed by atoms with Gasteiger partial charge in [-0.05, 0) is 25.0 Å². The lowest BCUT2D eigenvalue weighted by Crippen LogP contribution is -2.26. The molecule has 1 aromatic heterocycles. The monoisotopic (exact) mass is 313 g/mol. The summed E-state index contributed by atoms with van der Waals surface area (Å²) < 4.78 is 10.8. The maximum atomic E-state index is 12.2. The van der Waals surface area contributed by atoms with Crippen LogP contribution in [0.25, 0.3) is 11.4 Å². The fourth-order valence-corrected chi connectivity index (χ4v) is 2.71. The highest BCUT2D eigenvalue weighted by molar-refractivity contribution is 5.90. The Balaban J connectivity index is 1.42. The van der Waals surface area contributed by atoms with Crippen LogP contribution in [0.5, 0.6) is 0 Å². The Kier molecular flexibility index (Phi) is 3.83. The van der Waals surface area contributed by atoms with Crippen LogP contribution in [0.3, 0.4) is 0 Å². The van der Waals surface area contributed by atoms with E-state index in [1.54, 1.807) is 12.1 Å². The highest BCUT2D eigenvalue weighted by Crippen LogP contribution is 2.38. The molecule has 0 amide bonds. The van der Waals surface area contributed by atoms with Crippen LogP contribution in [-0.2, 0) is 9.47 Å². The summed E-state index contributed by atoms with van der Waals surface area (Å²) in [6.07, 6.45) is 3.87. The first kappa shape index (κ1) is 14.4. The van der Waals surface area contributed by atoms with Gasteiger partial charge in [0.05, 0.1) is 18.8 Å². The van der Waals surface area contributed by atoms with Crippen molar-refractivity contribution < 1.29 is 14.3 Å². The third-order valence-corrected chi connectivity index (χ3v) is 4.29. The topological polar surface area (TPSA) is 77.1 Å². The SMILES string of the molecule is O=C(OC1CCOCC1)c1ccc(-c2n[nH]c(C3CC3)n2)cc1. The Bertz CT molecular complexity index is 685.